The van der Waals surface area contributed by atoms with Gasteiger partial charge in [0.15, 0.2) is 0 Å². The third-order valence-electron chi connectivity index (χ3n) is 3.31. The van der Waals surface area contributed by atoms with Crippen molar-refractivity contribution in [2.75, 3.05) is 26.2 Å². The molecule has 4 heteroatoms. The van der Waals surface area contributed by atoms with Crippen molar-refractivity contribution in [1.29, 1.82) is 5.26 Å². The van der Waals surface area contributed by atoms with Crippen molar-refractivity contribution in [1.82, 2.24) is 0 Å². The van der Waals surface area contributed by atoms with Crippen molar-refractivity contribution in [2.45, 2.75) is 6.54 Å². The van der Waals surface area contributed by atoms with Crippen molar-refractivity contribution in [3.8, 4) is 17.6 Å². The monoisotopic (exact) mass is 282 g/mol. The molecule has 0 aliphatic rings. The van der Waals surface area contributed by atoms with Gasteiger partial charge in [0.25, 0.3) is 0 Å². The molecule has 0 bridgehead atoms. The van der Waals surface area contributed by atoms with E-state index < -0.39 is 0 Å². The summed E-state index contributed by atoms with van der Waals surface area (Å²) >= 11 is 0. The van der Waals surface area contributed by atoms with E-state index >= 15 is 0 Å². The fraction of sp³-hybridized carbons (Fsp3) is 0.235. The van der Waals surface area contributed by atoms with Gasteiger partial charge in [-0.3, -0.25) is 0 Å². The van der Waals surface area contributed by atoms with Crippen LogP contribution >= 0.6 is 0 Å². The lowest BCUT2D eigenvalue weighted by molar-refractivity contribution is 0.408. The Morgan fingerprint density at radius 1 is 1.05 bits per heavy atom. The Morgan fingerprint density at radius 2 is 1.76 bits per heavy atom. The van der Waals surface area contributed by atoms with Crippen LogP contribution in [0.25, 0.3) is 0 Å². The Balaban J connectivity index is 2.31. The summed E-state index contributed by atoms with van der Waals surface area (Å²) in [7, 11) is 5.27. The van der Waals surface area contributed by atoms with Gasteiger partial charge < -0.3 is 14.4 Å². The van der Waals surface area contributed by atoms with Crippen LogP contribution in [0.15, 0.2) is 42.5 Å². The van der Waals surface area contributed by atoms with E-state index in [1.165, 1.54) is 0 Å². The fourth-order valence-electron chi connectivity index (χ4n) is 2.26. The van der Waals surface area contributed by atoms with Gasteiger partial charge in [-0.1, -0.05) is 12.1 Å². The Kier molecular flexibility index (Phi) is 4.68. The van der Waals surface area contributed by atoms with E-state index in [0.29, 0.717) is 12.1 Å². The topological polar surface area (TPSA) is 45.5 Å². The Hall–Kier alpha value is -2.67. The van der Waals surface area contributed by atoms with E-state index in [1.807, 2.05) is 43.4 Å². The lowest BCUT2D eigenvalue weighted by Crippen LogP contribution is -2.17. The zero-order valence-electron chi connectivity index (χ0n) is 12.5. The maximum atomic E-state index is 9.03. The van der Waals surface area contributed by atoms with Crippen LogP contribution in [0.2, 0.25) is 0 Å². The minimum absolute atomic E-state index is 0.624. The van der Waals surface area contributed by atoms with E-state index in [9.17, 15) is 0 Å². The predicted molar refractivity (Wildman–Crippen MR) is 82.8 cm³/mol. The molecule has 0 spiro atoms. The number of nitrogens with zero attached hydrogens (tertiary/aromatic N) is 2. The number of para-hydroxylation sites is 2. The lowest BCUT2D eigenvalue weighted by atomic mass is 10.1. The van der Waals surface area contributed by atoms with E-state index in [1.54, 1.807) is 20.3 Å². The fourth-order valence-corrected chi connectivity index (χ4v) is 2.26. The van der Waals surface area contributed by atoms with E-state index in [0.717, 1.165) is 22.7 Å². The molecule has 0 radical (unpaired) electrons. The molecule has 0 aromatic heterocycles. The van der Waals surface area contributed by atoms with Crippen molar-refractivity contribution >= 4 is 5.69 Å². The van der Waals surface area contributed by atoms with Gasteiger partial charge in [0.05, 0.1) is 31.5 Å². The predicted octanol–water partition coefficient (Wildman–Crippen LogP) is 3.21. The summed E-state index contributed by atoms with van der Waals surface area (Å²) in [6, 6.07) is 15.4. The third kappa shape index (κ3) is 3.26. The average Bonchev–Trinajstić information content (AvgIpc) is 2.54. The second kappa shape index (κ2) is 6.67. The van der Waals surface area contributed by atoms with Gasteiger partial charge in [0.2, 0.25) is 0 Å². The van der Waals surface area contributed by atoms with Crippen LogP contribution in [-0.2, 0) is 6.54 Å². The Labute approximate surface area is 125 Å². The first-order valence-corrected chi connectivity index (χ1v) is 6.60. The number of hydrogen-bond donors (Lipinski definition) is 0. The van der Waals surface area contributed by atoms with Crippen LogP contribution in [0.1, 0.15) is 11.1 Å². The number of anilines is 1. The van der Waals surface area contributed by atoms with Crippen molar-refractivity contribution in [3.05, 3.63) is 53.6 Å². The number of benzene rings is 2. The molecule has 0 saturated carbocycles. The van der Waals surface area contributed by atoms with Gasteiger partial charge in [-0.15, -0.1) is 0 Å². The largest absolute Gasteiger partial charge is 0.496 e. The third-order valence-corrected chi connectivity index (χ3v) is 3.31. The molecule has 0 amide bonds. The quantitative estimate of drug-likeness (QED) is 0.844. The van der Waals surface area contributed by atoms with Crippen molar-refractivity contribution in [3.63, 3.8) is 0 Å². The SMILES string of the molecule is COc1ccc(C#N)cc1CN(C)c1ccccc1OC. The number of nitriles is 1. The van der Waals surface area contributed by atoms with E-state index in [-0.39, 0.29) is 0 Å². The molecule has 2 rings (SSSR count). The standard InChI is InChI=1S/C17H18N2O2/c1-19(15-6-4-5-7-17(15)21-3)12-14-10-13(11-18)8-9-16(14)20-2/h4-10H,12H2,1-3H3. The highest BCUT2D eigenvalue weighted by Crippen LogP contribution is 2.29. The molecule has 0 aliphatic carbocycles. The second-order valence-electron chi connectivity index (χ2n) is 4.67. The summed E-state index contributed by atoms with van der Waals surface area (Å²) < 4.78 is 10.8. The summed E-state index contributed by atoms with van der Waals surface area (Å²) in [5.41, 5.74) is 2.58. The van der Waals surface area contributed by atoms with Gasteiger partial charge >= 0.3 is 0 Å². The van der Waals surface area contributed by atoms with E-state index in [4.69, 9.17) is 14.7 Å². The molecule has 2 aromatic carbocycles. The van der Waals surface area contributed by atoms with Crippen LogP contribution in [0, 0.1) is 11.3 Å². The number of rotatable bonds is 5. The molecule has 21 heavy (non-hydrogen) atoms. The van der Waals surface area contributed by atoms with E-state index in [2.05, 4.69) is 11.0 Å². The van der Waals surface area contributed by atoms with Gasteiger partial charge in [-0.25, -0.2) is 0 Å². The Bertz CT molecular complexity index is 662. The first-order valence-electron chi connectivity index (χ1n) is 6.60. The van der Waals surface area contributed by atoms with Crippen LogP contribution in [0.4, 0.5) is 5.69 Å². The highest BCUT2D eigenvalue weighted by molar-refractivity contribution is 5.58. The minimum Gasteiger partial charge on any atom is -0.496 e. The molecular formula is C17H18N2O2. The minimum atomic E-state index is 0.624. The van der Waals surface area contributed by atoms with Crippen molar-refractivity contribution < 1.29 is 9.47 Å². The highest BCUT2D eigenvalue weighted by Gasteiger charge is 2.11. The first-order chi connectivity index (χ1) is 10.2. The molecule has 0 N–H and O–H groups in total. The van der Waals surface area contributed by atoms with Gasteiger partial charge in [0.1, 0.15) is 11.5 Å². The van der Waals surface area contributed by atoms with Crippen LogP contribution in [0.3, 0.4) is 0 Å². The number of ether oxygens (including phenoxy) is 2. The zero-order chi connectivity index (χ0) is 15.2. The molecule has 0 fully saturated rings. The summed E-state index contributed by atoms with van der Waals surface area (Å²) in [6.45, 7) is 0.624. The molecule has 0 unspecified atom stereocenters. The smallest absolute Gasteiger partial charge is 0.142 e. The molecule has 0 aliphatic heterocycles. The molecular weight excluding hydrogens is 264 g/mol. The lowest BCUT2D eigenvalue weighted by Gasteiger charge is -2.22. The van der Waals surface area contributed by atoms with Crippen LogP contribution < -0.4 is 14.4 Å². The number of methoxy groups -OCH3 is 2. The van der Waals surface area contributed by atoms with Gasteiger partial charge in [0, 0.05) is 19.2 Å². The molecule has 2 aromatic rings. The maximum Gasteiger partial charge on any atom is 0.142 e. The van der Waals surface area contributed by atoms with Gasteiger partial charge in [-0.05, 0) is 30.3 Å². The van der Waals surface area contributed by atoms with Gasteiger partial charge in [-0.2, -0.15) is 5.26 Å². The highest BCUT2D eigenvalue weighted by atomic mass is 16.5. The molecule has 0 atom stereocenters. The Morgan fingerprint density at radius 3 is 2.43 bits per heavy atom. The molecule has 0 heterocycles. The zero-order valence-corrected chi connectivity index (χ0v) is 12.5. The molecule has 0 saturated heterocycles. The maximum absolute atomic E-state index is 9.03. The average molecular weight is 282 g/mol. The first kappa shape index (κ1) is 14.7. The van der Waals surface area contributed by atoms with Crippen LogP contribution in [0.5, 0.6) is 11.5 Å². The summed E-state index contributed by atoms with van der Waals surface area (Å²) in [5, 5.41) is 9.03. The molecule has 4 nitrogen and oxygen atoms in total. The second-order valence-corrected chi connectivity index (χ2v) is 4.67. The summed E-state index contributed by atoms with van der Waals surface area (Å²) in [6.07, 6.45) is 0. The summed E-state index contributed by atoms with van der Waals surface area (Å²) in [4.78, 5) is 2.07. The normalized spacial score (nSPS) is 9.81. The van der Waals surface area contributed by atoms with Crippen molar-refractivity contribution in [2.24, 2.45) is 0 Å². The summed E-state index contributed by atoms with van der Waals surface area (Å²) in [5.74, 6) is 1.59. The molecule has 108 valence electrons. The van der Waals surface area contributed by atoms with Crippen LogP contribution in [-0.4, -0.2) is 21.3 Å². The number of hydrogen-bond acceptors (Lipinski definition) is 4.